The van der Waals surface area contributed by atoms with Gasteiger partial charge >= 0.3 is 6.03 Å². The third-order valence-corrected chi connectivity index (χ3v) is 1.31. The Morgan fingerprint density at radius 3 is 1.82 bits per heavy atom. The molecule has 0 aromatic carbocycles. The zero-order chi connectivity index (χ0) is 8.27. The second-order valence-corrected chi connectivity index (χ2v) is 2.28. The fourth-order valence-electron chi connectivity index (χ4n) is 0.819. The molecule has 5 nitrogen and oxygen atoms in total. The molecule has 60 valence electrons. The molecule has 0 aromatic rings. The summed E-state index contributed by atoms with van der Waals surface area (Å²) in [5, 5.41) is 4.00. The van der Waals surface area contributed by atoms with Gasteiger partial charge in [-0.1, -0.05) is 0 Å². The lowest BCUT2D eigenvalue weighted by atomic mass is 10.2. The molecule has 0 saturated carbocycles. The van der Waals surface area contributed by atoms with Gasteiger partial charge in [-0.05, 0) is 6.42 Å². The maximum Gasteiger partial charge on any atom is 0.328 e. The van der Waals surface area contributed by atoms with E-state index >= 15 is 0 Å². The average molecular weight is 156 g/mol. The van der Waals surface area contributed by atoms with Gasteiger partial charge < -0.3 is 0 Å². The highest BCUT2D eigenvalue weighted by Gasteiger charge is 2.14. The van der Waals surface area contributed by atoms with Gasteiger partial charge in [0.2, 0.25) is 11.8 Å². The zero-order valence-electron chi connectivity index (χ0n) is 5.85. The van der Waals surface area contributed by atoms with Gasteiger partial charge in [0.25, 0.3) is 0 Å². The molecule has 0 aliphatic carbocycles. The third-order valence-electron chi connectivity index (χ3n) is 1.31. The van der Waals surface area contributed by atoms with Gasteiger partial charge in [-0.3, -0.25) is 20.2 Å². The van der Waals surface area contributed by atoms with E-state index < -0.39 is 6.03 Å². The van der Waals surface area contributed by atoms with Crippen molar-refractivity contribution in [3.8, 4) is 0 Å². The Kier molecular flexibility index (Phi) is 2.20. The van der Waals surface area contributed by atoms with E-state index in [4.69, 9.17) is 0 Å². The molecule has 0 bridgehead atoms. The summed E-state index contributed by atoms with van der Waals surface area (Å²) >= 11 is 0. The molecule has 0 atom stereocenters. The fourth-order valence-corrected chi connectivity index (χ4v) is 0.819. The second-order valence-electron chi connectivity index (χ2n) is 2.28. The summed E-state index contributed by atoms with van der Waals surface area (Å²) in [5.74, 6) is -0.676. The maximum atomic E-state index is 10.7. The lowest BCUT2D eigenvalue weighted by molar-refractivity contribution is -0.122. The number of hydrogen-bond acceptors (Lipinski definition) is 3. The number of imide groups is 2. The van der Waals surface area contributed by atoms with Crippen LogP contribution >= 0.6 is 0 Å². The van der Waals surface area contributed by atoms with Crippen molar-refractivity contribution in [3.05, 3.63) is 0 Å². The molecule has 0 spiro atoms. The topological polar surface area (TPSA) is 75.3 Å². The first-order valence-corrected chi connectivity index (χ1v) is 3.32. The summed E-state index contributed by atoms with van der Waals surface area (Å²) in [4.78, 5) is 31.9. The van der Waals surface area contributed by atoms with E-state index in [2.05, 4.69) is 0 Å². The first-order valence-electron chi connectivity index (χ1n) is 3.32. The first-order chi connectivity index (χ1) is 5.18. The molecule has 1 aliphatic heterocycles. The first kappa shape index (κ1) is 7.71. The smallest absolute Gasteiger partial charge is 0.278 e. The third kappa shape index (κ3) is 2.37. The van der Waals surface area contributed by atoms with Gasteiger partial charge in [0, 0.05) is 12.8 Å². The molecule has 1 rings (SSSR count). The van der Waals surface area contributed by atoms with Crippen LogP contribution in [0.15, 0.2) is 0 Å². The lowest BCUT2D eigenvalue weighted by Gasteiger charge is -2.08. The number of amides is 4. The van der Waals surface area contributed by atoms with Crippen molar-refractivity contribution in [2.24, 2.45) is 0 Å². The summed E-state index contributed by atoms with van der Waals surface area (Å²) in [5.41, 5.74) is 0. The van der Waals surface area contributed by atoms with Crippen LogP contribution in [0.5, 0.6) is 0 Å². The normalized spacial score (nSPS) is 19.8. The Morgan fingerprint density at radius 2 is 1.36 bits per heavy atom. The van der Waals surface area contributed by atoms with Crippen LogP contribution in [0.4, 0.5) is 4.79 Å². The van der Waals surface area contributed by atoms with Crippen LogP contribution in [0, 0.1) is 0 Å². The Bertz CT molecular complexity index is 192. The molecule has 1 saturated heterocycles. The van der Waals surface area contributed by atoms with Gasteiger partial charge in [0.1, 0.15) is 0 Å². The molecule has 0 unspecified atom stereocenters. The number of urea groups is 1. The number of carbonyl (C=O) groups is 3. The van der Waals surface area contributed by atoms with Gasteiger partial charge in [-0.25, -0.2) is 4.79 Å². The van der Waals surface area contributed by atoms with Crippen molar-refractivity contribution in [2.75, 3.05) is 0 Å². The molecule has 4 amide bonds. The molecule has 11 heavy (non-hydrogen) atoms. The number of carbonyl (C=O) groups excluding carboxylic acids is 3. The average Bonchev–Trinajstić information content (AvgIpc) is 1.83. The maximum absolute atomic E-state index is 10.7. The Morgan fingerprint density at radius 1 is 0.909 bits per heavy atom. The summed E-state index contributed by atoms with van der Waals surface area (Å²) in [6.07, 6.45) is 0.962. The van der Waals surface area contributed by atoms with E-state index in [0.29, 0.717) is 6.42 Å². The standard InChI is InChI=1S/C6H8N2O3/c9-4-2-1-3-5(10)8-6(11)7-4/h1-3H2,(H2,7,8,9,10,11). The zero-order valence-corrected chi connectivity index (χ0v) is 5.85. The monoisotopic (exact) mass is 156 g/mol. The molecule has 1 fully saturated rings. The highest BCUT2D eigenvalue weighted by atomic mass is 16.2. The van der Waals surface area contributed by atoms with Crippen LogP contribution < -0.4 is 10.6 Å². The predicted molar refractivity (Wildman–Crippen MR) is 35.5 cm³/mol. The number of rotatable bonds is 0. The minimum Gasteiger partial charge on any atom is -0.278 e. The van der Waals surface area contributed by atoms with E-state index in [0.717, 1.165) is 0 Å². The van der Waals surface area contributed by atoms with E-state index in [1.807, 2.05) is 10.6 Å². The van der Waals surface area contributed by atoms with Crippen molar-refractivity contribution >= 4 is 17.8 Å². The highest BCUT2D eigenvalue weighted by Crippen LogP contribution is 1.97. The Hall–Kier alpha value is -1.39. The minimum atomic E-state index is -0.722. The van der Waals surface area contributed by atoms with Crippen molar-refractivity contribution in [2.45, 2.75) is 19.3 Å². The second kappa shape index (κ2) is 3.14. The molecule has 1 aliphatic rings. The largest absolute Gasteiger partial charge is 0.328 e. The van der Waals surface area contributed by atoms with Gasteiger partial charge in [0.15, 0.2) is 0 Å². The number of hydrogen-bond donors (Lipinski definition) is 2. The van der Waals surface area contributed by atoms with Crippen LogP contribution in [0.2, 0.25) is 0 Å². The number of nitrogens with one attached hydrogen (secondary N) is 2. The van der Waals surface area contributed by atoms with E-state index in [-0.39, 0.29) is 24.7 Å². The molecule has 0 radical (unpaired) electrons. The van der Waals surface area contributed by atoms with Crippen LogP contribution in [-0.2, 0) is 9.59 Å². The summed E-state index contributed by atoms with van der Waals surface area (Å²) < 4.78 is 0. The summed E-state index contributed by atoms with van der Waals surface area (Å²) in [6.45, 7) is 0. The Balaban J connectivity index is 2.54. The van der Waals surface area contributed by atoms with E-state index in [1.165, 1.54) is 0 Å². The van der Waals surface area contributed by atoms with Crippen LogP contribution in [-0.4, -0.2) is 17.8 Å². The van der Waals surface area contributed by atoms with E-state index in [9.17, 15) is 14.4 Å². The lowest BCUT2D eigenvalue weighted by Crippen LogP contribution is -2.44. The molecule has 1 heterocycles. The summed E-state index contributed by atoms with van der Waals surface area (Å²) in [6, 6.07) is -0.722. The quantitative estimate of drug-likeness (QED) is 0.497. The predicted octanol–water partition coefficient (Wildman–Crippen LogP) is -0.477. The van der Waals surface area contributed by atoms with Crippen molar-refractivity contribution in [3.63, 3.8) is 0 Å². The highest BCUT2D eigenvalue weighted by molar-refractivity contribution is 6.03. The molecule has 2 N–H and O–H groups in total. The van der Waals surface area contributed by atoms with Crippen molar-refractivity contribution in [1.29, 1.82) is 0 Å². The van der Waals surface area contributed by atoms with Gasteiger partial charge in [0.05, 0.1) is 0 Å². The van der Waals surface area contributed by atoms with Crippen LogP contribution in [0.3, 0.4) is 0 Å². The SMILES string of the molecule is O=C1CCCC(=O)NC(=O)N1. The van der Waals surface area contributed by atoms with Crippen molar-refractivity contribution < 1.29 is 14.4 Å². The van der Waals surface area contributed by atoms with Crippen LogP contribution in [0.25, 0.3) is 0 Å². The molecule has 5 heteroatoms. The Labute approximate surface area is 63.1 Å². The minimum absolute atomic E-state index is 0.235. The molecule has 0 aromatic heterocycles. The fraction of sp³-hybridized carbons (Fsp3) is 0.500. The van der Waals surface area contributed by atoms with Crippen LogP contribution in [0.1, 0.15) is 19.3 Å². The van der Waals surface area contributed by atoms with E-state index in [1.54, 1.807) is 0 Å². The molecular weight excluding hydrogens is 148 g/mol. The van der Waals surface area contributed by atoms with Gasteiger partial charge in [-0.15, -0.1) is 0 Å². The van der Waals surface area contributed by atoms with Gasteiger partial charge in [-0.2, -0.15) is 0 Å². The van der Waals surface area contributed by atoms with Crippen molar-refractivity contribution in [1.82, 2.24) is 10.6 Å². The summed E-state index contributed by atoms with van der Waals surface area (Å²) in [7, 11) is 0. The molecular formula is C6H8N2O3.